The molecule has 0 aliphatic rings. The number of aromatic nitrogens is 1. The Morgan fingerprint density at radius 1 is 0.889 bits per heavy atom. The van der Waals surface area contributed by atoms with Crippen molar-refractivity contribution < 1.29 is 10.0 Å². The number of nitrogens with one attached hydrogen (secondary N) is 3. The van der Waals surface area contributed by atoms with Crippen LogP contribution in [0.15, 0.2) is 116 Å². The lowest BCUT2D eigenvalue weighted by molar-refractivity contribution is -0.124. The number of aromatic amines is 1. The van der Waals surface area contributed by atoms with Gasteiger partial charge < -0.3 is 10.3 Å². The van der Waals surface area contributed by atoms with Crippen molar-refractivity contribution in [3.8, 4) is 0 Å². The van der Waals surface area contributed by atoms with Gasteiger partial charge in [0, 0.05) is 24.3 Å². The minimum Gasteiger partial charge on any atom is -0.361 e. The number of para-hydroxylation sites is 1. The zero-order chi connectivity index (χ0) is 25.6. The van der Waals surface area contributed by atoms with E-state index in [0.717, 1.165) is 36.2 Å². The van der Waals surface area contributed by atoms with E-state index in [9.17, 15) is 4.79 Å². The second kappa shape index (κ2) is 14.3. The highest BCUT2D eigenvalue weighted by Crippen LogP contribution is 2.21. The van der Waals surface area contributed by atoms with Gasteiger partial charge in [-0.05, 0) is 58.7 Å². The first-order valence-corrected chi connectivity index (χ1v) is 11.9. The molecule has 0 fully saturated rings. The monoisotopic (exact) mass is 479 g/mol. The number of rotatable bonds is 10. The highest BCUT2D eigenvalue weighted by molar-refractivity contribution is 5.94. The summed E-state index contributed by atoms with van der Waals surface area (Å²) < 4.78 is 0. The zero-order valence-electron chi connectivity index (χ0n) is 20.4. The number of benzene rings is 3. The van der Waals surface area contributed by atoms with Gasteiger partial charge in [0.25, 0.3) is 5.91 Å². The number of allylic oxidation sites excluding steroid dienone is 3. The fraction of sp³-hybridized carbons (Fsp3) is 0.129. The molecule has 1 heterocycles. The number of carbonyl (C=O) groups is 1. The third-order valence-corrected chi connectivity index (χ3v) is 5.72. The maximum Gasteiger partial charge on any atom is 0.267 e. The Morgan fingerprint density at radius 2 is 1.64 bits per heavy atom. The summed E-state index contributed by atoms with van der Waals surface area (Å²) in [6.45, 7) is 8.38. The lowest BCUT2D eigenvalue weighted by Gasteiger charge is -2.10. The Hall–Kier alpha value is -4.19. The van der Waals surface area contributed by atoms with Crippen molar-refractivity contribution in [3.05, 3.63) is 139 Å². The van der Waals surface area contributed by atoms with Crippen LogP contribution in [0.25, 0.3) is 16.5 Å². The van der Waals surface area contributed by atoms with E-state index in [-0.39, 0.29) is 0 Å². The normalized spacial score (nSPS) is 10.9. The van der Waals surface area contributed by atoms with Crippen LogP contribution in [-0.4, -0.2) is 22.6 Å². The molecule has 0 unspecified atom stereocenters. The number of hydrogen-bond donors (Lipinski definition) is 4. The number of fused-ring (bicyclic) bond motifs is 1. The second-order valence-electron chi connectivity index (χ2n) is 8.26. The average Bonchev–Trinajstić information content (AvgIpc) is 3.41. The van der Waals surface area contributed by atoms with Crippen molar-refractivity contribution in [2.24, 2.45) is 0 Å². The smallest absolute Gasteiger partial charge is 0.267 e. The number of carbonyl (C=O) groups excluding carboxylic acids is 1. The number of hydroxylamine groups is 1. The van der Waals surface area contributed by atoms with Gasteiger partial charge in [-0.1, -0.05) is 98.1 Å². The van der Waals surface area contributed by atoms with E-state index in [1.807, 2.05) is 48.7 Å². The molecule has 0 spiro atoms. The molecular formula is C31H33N3O2. The van der Waals surface area contributed by atoms with Crippen LogP contribution in [0.5, 0.6) is 0 Å². The largest absolute Gasteiger partial charge is 0.361 e. The summed E-state index contributed by atoms with van der Waals surface area (Å²) >= 11 is 0. The molecule has 0 saturated carbocycles. The van der Waals surface area contributed by atoms with Gasteiger partial charge in [0.1, 0.15) is 0 Å². The molecule has 0 bridgehead atoms. The summed E-state index contributed by atoms with van der Waals surface area (Å²) in [5, 5.41) is 13.7. The molecule has 5 nitrogen and oxygen atoms in total. The van der Waals surface area contributed by atoms with Gasteiger partial charge in [0.2, 0.25) is 0 Å². The lowest BCUT2D eigenvalue weighted by Crippen LogP contribution is -2.17. The molecule has 0 radical (unpaired) electrons. The number of amides is 1. The standard InChI is InChI=1S/C27H27N3O2.C4H6/c31-26(30-32)18-25(17-20-5-2-1-3-6-20)22-11-9-21(10-12-22)19-28-15-13-23-7-4-8-24-14-16-29-27(23)24;1-3-4-2/h1-12,14,16,18,28-29,32H,13,15,17,19H2,(H,30,31);3-4H,1-2H2/b25-18+;. The van der Waals surface area contributed by atoms with Crippen LogP contribution in [0.1, 0.15) is 22.3 Å². The van der Waals surface area contributed by atoms with Crippen LogP contribution in [0, 0.1) is 0 Å². The van der Waals surface area contributed by atoms with Crippen LogP contribution >= 0.6 is 0 Å². The van der Waals surface area contributed by atoms with E-state index < -0.39 is 5.91 Å². The van der Waals surface area contributed by atoms with E-state index in [1.165, 1.54) is 28.1 Å². The van der Waals surface area contributed by atoms with Crippen LogP contribution < -0.4 is 10.8 Å². The first-order valence-electron chi connectivity index (χ1n) is 11.9. The quantitative estimate of drug-likeness (QED) is 0.0742. The van der Waals surface area contributed by atoms with Gasteiger partial charge >= 0.3 is 0 Å². The minimum absolute atomic E-state index is 0.529. The Bertz CT molecular complexity index is 1280. The van der Waals surface area contributed by atoms with Crippen molar-refractivity contribution in [1.29, 1.82) is 0 Å². The summed E-state index contributed by atoms with van der Waals surface area (Å²) in [4.78, 5) is 15.1. The SMILES string of the molecule is C=CC=C.O=C(/C=C(\Cc1ccccc1)c1ccc(CNCCc2cccc3cc[nH]c23)cc1)NO. The molecule has 36 heavy (non-hydrogen) atoms. The highest BCUT2D eigenvalue weighted by atomic mass is 16.5. The minimum atomic E-state index is -0.529. The third-order valence-electron chi connectivity index (χ3n) is 5.72. The van der Waals surface area contributed by atoms with Gasteiger partial charge in [0.05, 0.1) is 0 Å². The van der Waals surface area contributed by atoms with Gasteiger partial charge in [0.15, 0.2) is 0 Å². The van der Waals surface area contributed by atoms with Crippen molar-refractivity contribution >= 4 is 22.4 Å². The number of hydrogen-bond acceptors (Lipinski definition) is 3. The molecule has 4 N–H and O–H groups in total. The fourth-order valence-electron chi connectivity index (χ4n) is 3.89. The van der Waals surface area contributed by atoms with Gasteiger partial charge in [-0.15, -0.1) is 0 Å². The summed E-state index contributed by atoms with van der Waals surface area (Å²) in [6, 6.07) is 26.6. The Kier molecular flexibility index (Phi) is 10.5. The predicted octanol–water partition coefficient (Wildman–Crippen LogP) is 5.99. The third kappa shape index (κ3) is 7.94. The fourth-order valence-corrected chi connectivity index (χ4v) is 3.89. The van der Waals surface area contributed by atoms with E-state index in [1.54, 1.807) is 17.6 Å². The molecule has 1 aromatic heterocycles. The Morgan fingerprint density at radius 3 is 2.33 bits per heavy atom. The van der Waals surface area contributed by atoms with E-state index in [2.05, 4.69) is 59.9 Å². The summed E-state index contributed by atoms with van der Waals surface area (Å²) in [6.07, 6.45) is 8.27. The van der Waals surface area contributed by atoms with Crippen molar-refractivity contribution in [2.45, 2.75) is 19.4 Å². The van der Waals surface area contributed by atoms with Gasteiger partial charge in [-0.25, -0.2) is 5.48 Å². The van der Waals surface area contributed by atoms with Crippen molar-refractivity contribution in [2.75, 3.05) is 6.54 Å². The van der Waals surface area contributed by atoms with E-state index in [4.69, 9.17) is 5.21 Å². The molecule has 184 valence electrons. The van der Waals surface area contributed by atoms with Gasteiger partial charge in [-0.3, -0.25) is 10.0 Å². The maximum atomic E-state index is 11.8. The first kappa shape index (κ1) is 26.4. The predicted molar refractivity (Wildman–Crippen MR) is 149 cm³/mol. The molecule has 0 aliphatic carbocycles. The highest BCUT2D eigenvalue weighted by Gasteiger charge is 2.07. The molecule has 0 aliphatic heterocycles. The van der Waals surface area contributed by atoms with Crippen LogP contribution in [0.2, 0.25) is 0 Å². The first-order chi connectivity index (χ1) is 17.6. The molecule has 3 aromatic carbocycles. The molecule has 0 saturated heterocycles. The maximum absolute atomic E-state index is 11.8. The van der Waals surface area contributed by atoms with Crippen molar-refractivity contribution in [1.82, 2.24) is 15.8 Å². The summed E-state index contributed by atoms with van der Waals surface area (Å²) in [5.74, 6) is -0.529. The zero-order valence-corrected chi connectivity index (χ0v) is 20.4. The van der Waals surface area contributed by atoms with E-state index in [0.29, 0.717) is 6.42 Å². The van der Waals surface area contributed by atoms with Crippen molar-refractivity contribution in [3.63, 3.8) is 0 Å². The molecular weight excluding hydrogens is 446 g/mol. The van der Waals surface area contributed by atoms with E-state index >= 15 is 0 Å². The Balaban J connectivity index is 0.000000840. The topological polar surface area (TPSA) is 77.2 Å². The number of H-pyrrole nitrogens is 1. The summed E-state index contributed by atoms with van der Waals surface area (Å²) in [5.41, 5.74) is 8.31. The van der Waals surface area contributed by atoms with Crippen LogP contribution in [0.3, 0.4) is 0 Å². The average molecular weight is 480 g/mol. The molecule has 1 amide bonds. The lowest BCUT2D eigenvalue weighted by atomic mass is 9.97. The Labute approximate surface area is 212 Å². The summed E-state index contributed by atoms with van der Waals surface area (Å²) in [7, 11) is 0. The van der Waals surface area contributed by atoms with Crippen LogP contribution in [0.4, 0.5) is 0 Å². The van der Waals surface area contributed by atoms with Crippen LogP contribution in [-0.2, 0) is 24.2 Å². The second-order valence-corrected chi connectivity index (χ2v) is 8.26. The molecule has 5 heteroatoms. The van der Waals surface area contributed by atoms with Gasteiger partial charge in [-0.2, -0.15) is 0 Å². The molecule has 0 atom stereocenters. The molecule has 4 aromatic rings. The molecule has 4 rings (SSSR count).